The van der Waals surface area contributed by atoms with Crippen molar-refractivity contribution in [2.45, 2.75) is 32.7 Å². The van der Waals surface area contributed by atoms with E-state index in [2.05, 4.69) is 5.32 Å². The minimum atomic E-state index is -0.593. The van der Waals surface area contributed by atoms with Gasteiger partial charge in [-0.2, -0.15) is 0 Å². The highest BCUT2D eigenvalue weighted by Gasteiger charge is 2.36. The van der Waals surface area contributed by atoms with Gasteiger partial charge in [0.25, 0.3) is 0 Å². The van der Waals surface area contributed by atoms with Crippen LogP contribution in [0.4, 0.5) is 0 Å². The summed E-state index contributed by atoms with van der Waals surface area (Å²) in [6.07, 6.45) is 1.41. The van der Waals surface area contributed by atoms with E-state index in [-0.39, 0.29) is 23.4 Å². The number of nitrogens with one attached hydrogen (secondary N) is 1. The molecule has 0 saturated carbocycles. The number of amides is 2. The maximum absolute atomic E-state index is 12.6. The smallest absolute Gasteiger partial charge is 0.245 e. The van der Waals surface area contributed by atoms with Crippen LogP contribution in [0.5, 0.6) is 0 Å². The Balaban J connectivity index is 2.85. The van der Waals surface area contributed by atoms with Gasteiger partial charge in [0, 0.05) is 13.1 Å². The van der Waals surface area contributed by atoms with Crippen LogP contribution in [0.3, 0.4) is 0 Å². The van der Waals surface area contributed by atoms with Gasteiger partial charge >= 0.3 is 0 Å². The molecule has 1 heterocycles. The van der Waals surface area contributed by atoms with Crippen molar-refractivity contribution in [3.05, 3.63) is 0 Å². The summed E-state index contributed by atoms with van der Waals surface area (Å²) in [5, 5.41) is 2.72. The lowest BCUT2D eigenvalue weighted by molar-refractivity contribution is -0.150. The Hall–Kier alpha value is -1.21. The van der Waals surface area contributed by atoms with Crippen molar-refractivity contribution in [2.24, 2.45) is 11.7 Å². The van der Waals surface area contributed by atoms with E-state index in [4.69, 9.17) is 22.7 Å². The molecule has 6 nitrogen and oxygen atoms in total. The Morgan fingerprint density at radius 3 is 2.75 bits per heavy atom. The monoisotopic (exact) mass is 301 g/mol. The first kappa shape index (κ1) is 16.8. The standard InChI is InChI=1S/C13H23N3O3S/c1-3-5-9(11(14)20)13(18)16-6-7-19-8-10(16)12(17)15-4-2/h9-10H,3-8H2,1-2H3,(H2,14,20)(H,15,17). The molecule has 0 aromatic heterocycles. The second-order valence-corrected chi connectivity index (χ2v) is 5.23. The first-order chi connectivity index (χ1) is 9.52. The lowest BCUT2D eigenvalue weighted by Gasteiger charge is -2.36. The van der Waals surface area contributed by atoms with E-state index in [0.717, 1.165) is 6.42 Å². The van der Waals surface area contributed by atoms with Gasteiger partial charge in [0.2, 0.25) is 11.8 Å². The van der Waals surface area contributed by atoms with Gasteiger partial charge in [0.15, 0.2) is 0 Å². The van der Waals surface area contributed by atoms with Crippen molar-refractivity contribution < 1.29 is 14.3 Å². The third kappa shape index (κ3) is 4.14. The van der Waals surface area contributed by atoms with Gasteiger partial charge in [-0.1, -0.05) is 25.6 Å². The number of carbonyl (C=O) groups excluding carboxylic acids is 2. The molecule has 1 aliphatic rings. The maximum Gasteiger partial charge on any atom is 0.245 e. The van der Waals surface area contributed by atoms with Crippen LogP contribution in [0.25, 0.3) is 0 Å². The predicted molar refractivity (Wildman–Crippen MR) is 80.2 cm³/mol. The number of nitrogens with two attached hydrogens (primary N) is 1. The van der Waals surface area contributed by atoms with Gasteiger partial charge in [0.05, 0.1) is 24.1 Å². The van der Waals surface area contributed by atoms with E-state index in [9.17, 15) is 9.59 Å². The Labute approximate surface area is 125 Å². The number of morpholine rings is 1. The number of thiocarbonyl (C=S) groups is 1. The first-order valence-corrected chi connectivity index (χ1v) is 7.38. The molecule has 0 aromatic rings. The van der Waals surface area contributed by atoms with Crippen LogP contribution in [0.15, 0.2) is 0 Å². The number of ether oxygens (including phenoxy) is 1. The molecular weight excluding hydrogens is 278 g/mol. The molecule has 0 bridgehead atoms. The van der Waals surface area contributed by atoms with Crippen LogP contribution >= 0.6 is 12.2 Å². The molecule has 2 atom stereocenters. The zero-order chi connectivity index (χ0) is 15.1. The largest absolute Gasteiger partial charge is 0.393 e. The molecule has 1 fully saturated rings. The Morgan fingerprint density at radius 1 is 1.50 bits per heavy atom. The fourth-order valence-corrected chi connectivity index (χ4v) is 2.47. The van der Waals surface area contributed by atoms with Gasteiger partial charge in [-0.3, -0.25) is 9.59 Å². The lowest BCUT2D eigenvalue weighted by Crippen LogP contribution is -2.58. The summed E-state index contributed by atoms with van der Waals surface area (Å²) >= 11 is 4.98. The zero-order valence-electron chi connectivity index (χ0n) is 12.1. The highest BCUT2D eigenvalue weighted by atomic mass is 32.1. The highest BCUT2D eigenvalue weighted by molar-refractivity contribution is 7.80. The molecule has 2 unspecified atom stereocenters. The topological polar surface area (TPSA) is 84.7 Å². The first-order valence-electron chi connectivity index (χ1n) is 6.98. The van der Waals surface area contributed by atoms with Crippen molar-refractivity contribution in [3.8, 4) is 0 Å². The molecule has 0 spiro atoms. The van der Waals surface area contributed by atoms with Crippen LogP contribution in [0, 0.1) is 5.92 Å². The highest BCUT2D eigenvalue weighted by Crippen LogP contribution is 2.16. The summed E-state index contributed by atoms with van der Waals surface area (Å²) in [6.45, 7) is 5.36. The number of hydrogen-bond donors (Lipinski definition) is 2. The molecule has 3 N–H and O–H groups in total. The number of nitrogens with zero attached hydrogens (tertiary/aromatic N) is 1. The van der Waals surface area contributed by atoms with Crippen molar-refractivity contribution in [1.29, 1.82) is 0 Å². The van der Waals surface area contributed by atoms with Gasteiger partial charge < -0.3 is 20.7 Å². The van der Waals surface area contributed by atoms with Crippen LogP contribution < -0.4 is 11.1 Å². The number of carbonyl (C=O) groups is 2. The van der Waals surface area contributed by atoms with Gasteiger partial charge in [-0.05, 0) is 13.3 Å². The normalized spacial score (nSPS) is 20.3. The van der Waals surface area contributed by atoms with Crippen LogP contribution in [-0.4, -0.2) is 54.0 Å². The summed E-state index contributed by atoms with van der Waals surface area (Å²) in [6, 6.07) is -0.593. The van der Waals surface area contributed by atoms with E-state index >= 15 is 0 Å². The van der Waals surface area contributed by atoms with E-state index in [1.807, 2.05) is 13.8 Å². The van der Waals surface area contributed by atoms with Crippen molar-refractivity contribution in [2.75, 3.05) is 26.3 Å². The van der Waals surface area contributed by atoms with E-state index in [1.165, 1.54) is 0 Å². The average molecular weight is 301 g/mol. The molecule has 1 aliphatic heterocycles. The average Bonchev–Trinajstić information content (AvgIpc) is 2.44. The van der Waals surface area contributed by atoms with E-state index in [1.54, 1.807) is 4.90 Å². The second-order valence-electron chi connectivity index (χ2n) is 4.76. The third-order valence-electron chi connectivity index (χ3n) is 3.28. The molecule has 0 aromatic carbocycles. The van der Waals surface area contributed by atoms with Gasteiger partial charge in [-0.15, -0.1) is 0 Å². The fraction of sp³-hybridized carbons (Fsp3) is 0.769. The molecular formula is C13H23N3O3S. The minimum Gasteiger partial charge on any atom is -0.393 e. The quantitative estimate of drug-likeness (QED) is 0.677. The molecule has 1 rings (SSSR count). The maximum atomic E-state index is 12.6. The minimum absolute atomic E-state index is 0.168. The van der Waals surface area contributed by atoms with Crippen molar-refractivity contribution >= 4 is 29.0 Å². The predicted octanol–water partition coefficient (Wildman–Crippen LogP) is 0.0523. The molecule has 7 heteroatoms. The summed E-state index contributed by atoms with van der Waals surface area (Å²) in [7, 11) is 0. The number of hydrogen-bond acceptors (Lipinski definition) is 4. The summed E-state index contributed by atoms with van der Waals surface area (Å²) in [5.41, 5.74) is 5.66. The lowest BCUT2D eigenvalue weighted by atomic mass is 10.0. The van der Waals surface area contributed by atoms with Crippen LogP contribution in [0.1, 0.15) is 26.7 Å². The molecule has 20 heavy (non-hydrogen) atoms. The molecule has 1 saturated heterocycles. The zero-order valence-corrected chi connectivity index (χ0v) is 12.9. The van der Waals surface area contributed by atoms with Crippen molar-refractivity contribution in [1.82, 2.24) is 10.2 Å². The molecule has 2 amide bonds. The van der Waals surface area contributed by atoms with Crippen LogP contribution in [0.2, 0.25) is 0 Å². The summed E-state index contributed by atoms with van der Waals surface area (Å²) in [4.78, 5) is 26.3. The number of likely N-dealkylation sites (N-methyl/N-ethyl adjacent to an activating group) is 1. The summed E-state index contributed by atoms with van der Waals surface area (Å²) in [5.74, 6) is -0.859. The van der Waals surface area contributed by atoms with E-state index in [0.29, 0.717) is 26.1 Å². The van der Waals surface area contributed by atoms with Gasteiger partial charge in [-0.25, -0.2) is 0 Å². The SMILES string of the molecule is CCCC(C(=O)N1CCOCC1C(=O)NCC)C(N)=S. The number of rotatable bonds is 6. The van der Waals surface area contributed by atoms with Crippen molar-refractivity contribution in [3.63, 3.8) is 0 Å². The second kappa shape index (κ2) is 8.16. The Bertz CT molecular complexity index is 376. The summed E-state index contributed by atoms with van der Waals surface area (Å²) < 4.78 is 5.31. The Morgan fingerprint density at radius 2 is 2.20 bits per heavy atom. The fourth-order valence-electron chi connectivity index (χ4n) is 2.25. The Kier molecular flexibility index (Phi) is 6.87. The molecule has 114 valence electrons. The third-order valence-corrected chi connectivity index (χ3v) is 3.57. The van der Waals surface area contributed by atoms with Gasteiger partial charge in [0.1, 0.15) is 6.04 Å². The van der Waals surface area contributed by atoms with Crippen LogP contribution in [-0.2, 0) is 14.3 Å². The molecule has 0 aliphatic carbocycles. The van der Waals surface area contributed by atoms with E-state index < -0.39 is 12.0 Å². The molecule has 0 radical (unpaired) electrons.